The summed E-state index contributed by atoms with van der Waals surface area (Å²) in [6.07, 6.45) is 5.98. The molecule has 0 bridgehead atoms. The zero-order valence-electron chi connectivity index (χ0n) is 7.55. The van der Waals surface area contributed by atoms with E-state index in [-0.39, 0.29) is 5.91 Å². The van der Waals surface area contributed by atoms with E-state index in [0.717, 1.165) is 13.0 Å². The highest BCUT2D eigenvalue weighted by atomic mass is 16.2. The topological polar surface area (TPSA) is 20.3 Å². The molecular formula is C10H13NO. The Kier molecular flexibility index (Phi) is 2.54. The van der Waals surface area contributed by atoms with Crippen molar-refractivity contribution in [2.75, 3.05) is 13.1 Å². The Morgan fingerprint density at radius 1 is 1.50 bits per heavy atom. The average molecular weight is 163 g/mol. The van der Waals surface area contributed by atoms with Gasteiger partial charge in [-0.1, -0.05) is 11.1 Å². The highest BCUT2D eigenvalue weighted by Crippen LogP contribution is 2.16. The highest BCUT2D eigenvalue weighted by Gasteiger charge is 2.16. The normalized spacial score (nSPS) is 17.6. The van der Waals surface area contributed by atoms with E-state index in [2.05, 4.69) is 12.8 Å². The number of hydrogen-bond acceptors (Lipinski definition) is 1. The van der Waals surface area contributed by atoms with E-state index in [1.54, 1.807) is 4.90 Å². The van der Waals surface area contributed by atoms with E-state index in [1.165, 1.54) is 11.1 Å². The molecule has 12 heavy (non-hydrogen) atoms. The molecule has 0 aromatic rings. The maximum Gasteiger partial charge on any atom is 0.298 e. The van der Waals surface area contributed by atoms with Crippen LogP contribution in [-0.4, -0.2) is 23.9 Å². The summed E-state index contributed by atoms with van der Waals surface area (Å²) in [7, 11) is 0. The first-order valence-electron chi connectivity index (χ1n) is 4.06. The molecule has 2 heteroatoms. The third-order valence-electron chi connectivity index (χ3n) is 2.32. The van der Waals surface area contributed by atoms with Gasteiger partial charge in [0.15, 0.2) is 0 Å². The van der Waals surface area contributed by atoms with Crippen LogP contribution in [0.15, 0.2) is 11.1 Å². The smallest absolute Gasteiger partial charge is 0.298 e. The van der Waals surface area contributed by atoms with Crippen LogP contribution in [0.1, 0.15) is 20.3 Å². The van der Waals surface area contributed by atoms with Crippen LogP contribution in [0.3, 0.4) is 0 Å². The van der Waals surface area contributed by atoms with E-state index in [1.807, 2.05) is 6.92 Å². The SMILES string of the molecule is C#CC(=O)N1CCC(C)=C(C)C1. The lowest BCUT2D eigenvalue weighted by atomic mass is 10.0. The Hall–Kier alpha value is -1.23. The zero-order chi connectivity index (χ0) is 9.14. The van der Waals surface area contributed by atoms with Gasteiger partial charge in [-0.15, -0.1) is 6.42 Å². The van der Waals surface area contributed by atoms with Crippen molar-refractivity contribution in [1.82, 2.24) is 4.90 Å². The maximum absolute atomic E-state index is 11.1. The third kappa shape index (κ3) is 1.68. The number of carbonyl (C=O) groups excluding carboxylic acids is 1. The Bertz CT molecular complexity index is 270. The lowest BCUT2D eigenvalue weighted by Crippen LogP contribution is -2.35. The molecule has 0 radical (unpaired) electrons. The van der Waals surface area contributed by atoms with Gasteiger partial charge in [0.25, 0.3) is 5.91 Å². The van der Waals surface area contributed by atoms with E-state index < -0.39 is 0 Å². The Labute approximate surface area is 73.2 Å². The summed E-state index contributed by atoms with van der Waals surface area (Å²) in [6, 6.07) is 0. The summed E-state index contributed by atoms with van der Waals surface area (Å²) in [4.78, 5) is 12.8. The average Bonchev–Trinajstić information content (AvgIpc) is 2.08. The number of rotatable bonds is 0. The largest absolute Gasteiger partial charge is 0.328 e. The lowest BCUT2D eigenvalue weighted by Gasteiger charge is -2.26. The molecule has 1 heterocycles. The van der Waals surface area contributed by atoms with Crippen molar-refractivity contribution in [3.05, 3.63) is 11.1 Å². The fraction of sp³-hybridized carbons (Fsp3) is 0.500. The first kappa shape index (κ1) is 8.86. The minimum atomic E-state index is -0.193. The minimum absolute atomic E-state index is 0.193. The van der Waals surface area contributed by atoms with Crippen LogP contribution in [0.25, 0.3) is 0 Å². The quantitative estimate of drug-likeness (QED) is 0.388. The predicted molar refractivity (Wildman–Crippen MR) is 48.4 cm³/mol. The second-order valence-electron chi connectivity index (χ2n) is 3.18. The van der Waals surface area contributed by atoms with Crippen LogP contribution >= 0.6 is 0 Å². The van der Waals surface area contributed by atoms with Gasteiger partial charge in [0.1, 0.15) is 0 Å². The molecule has 0 aromatic heterocycles. The molecular weight excluding hydrogens is 150 g/mol. The van der Waals surface area contributed by atoms with Crippen molar-refractivity contribution in [1.29, 1.82) is 0 Å². The molecule has 1 aliphatic rings. The molecule has 2 nitrogen and oxygen atoms in total. The van der Waals surface area contributed by atoms with Gasteiger partial charge >= 0.3 is 0 Å². The second-order valence-corrected chi connectivity index (χ2v) is 3.18. The van der Waals surface area contributed by atoms with Crippen LogP contribution in [0, 0.1) is 12.3 Å². The fourth-order valence-corrected chi connectivity index (χ4v) is 1.28. The van der Waals surface area contributed by atoms with Gasteiger partial charge in [-0.05, 0) is 26.2 Å². The maximum atomic E-state index is 11.1. The molecule has 1 amide bonds. The molecule has 0 N–H and O–H groups in total. The van der Waals surface area contributed by atoms with Gasteiger partial charge in [0.05, 0.1) is 0 Å². The zero-order valence-corrected chi connectivity index (χ0v) is 7.55. The molecule has 0 aromatic carbocycles. The van der Waals surface area contributed by atoms with Crippen molar-refractivity contribution in [3.8, 4) is 12.3 Å². The van der Waals surface area contributed by atoms with E-state index in [9.17, 15) is 4.79 Å². The molecule has 0 aliphatic carbocycles. The van der Waals surface area contributed by atoms with Gasteiger partial charge < -0.3 is 4.90 Å². The molecule has 64 valence electrons. The Morgan fingerprint density at radius 3 is 2.67 bits per heavy atom. The van der Waals surface area contributed by atoms with Crippen LogP contribution in [0.5, 0.6) is 0 Å². The standard InChI is InChI=1S/C10H13NO/c1-4-10(12)11-6-5-8(2)9(3)7-11/h1H,5-7H2,2-3H3. The third-order valence-corrected chi connectivity index (χ3v) is 2.32. The van der Waals surface area contributed by atoms with Crippen molar-refractivity contribution < 1.29 is 4.79 Å². The van der Waals surface area contributed by atoms with Crippen LogP contribution in [0.2, 0.25) is 0 Å². The van der Waals surface area contributed by atoms with Gasteiger partial charge in [-0.3, -0.25) is 4.79 Å². The first-order valence-corrected chi connectivity index (χ1v) is 4.06. The van der Waals surface area contributed by atoms with Gasteiger partial charge in [-0.25, -0.2) is 0 Å². The number of terminal acetylenes is 1. The molecule has 0 fully saturated rings. The molecule has 0 spiro atoms. The monoisotopic (exact) mass is 163 g/mol. The number of carbonyl (C=O) groups is 1. The second kappa shape index (κ2) is 3.44. The number of amides is 1. The molecule has 0 unspecified atom stereocenters. The van der Waals surface area contributed by atoms with Crippen LogP contribution in [-0.2, 0) is 4.79 Å². The predicted octanol–water partition coefficient (Wildman–Crippen LogP) is 1.19. The van der Waals surface area contributed by atoms with Crippen molar-refractivity contribution in [2.45, 2.75) is 20.3 Å². The Balaban J connectivity index is 2.68. The summed E-state index contributed by atoms with van der Waals surface area (Å²) in [6.45, 7) is 5.62. The van der Waals surface area contributed by atoms with Gasteiger partial charge in [0, 0.05) is 13.1 Å². The summed E-state index contributed by atoms with van der Waals surface area (Å²) < 4.78 is 0. The summed E-state index contributed by atoms with van der Waals surface area (Å²) >= 11 is 0. The molecule has 0 saturated carbocycles. The van der Waals surface area contributed by atoms with E-state index >= 15 is 0 Å². The van der Waals surface area contributed by atoms with Crippen LogP contribution in [0.4, 0.5) is 0 Å². The minimum Gasteiger partial charge on any atom is -0.328 e. The molecule has 0 atom stereocenters. The summed E-state index contributed by atoms with van der Waals surface area (Å²) in [5, 5.41) is 0. The van der Waals surface area contributed by atoms with Crippen molar-refractivity contribution in [3.63, 3.8) is 0 Å². The molecule has 0 saturated heterocycles. The van der Waals surface area contributed by atoms with Gasteiger partial charge in [0.2, 0.25) is 0 Å². The molecule has 1 rings (SSSR count). The number of nitrogens with zero attached hydrogens (tertiary/aromatic N) is 1. The fourth-order valence-electron chi connectivity index (χ4n) is 1.28. The highest BCUT2D eigenvalue weighted by molar-refractivity contribution is 5.93. The van der Waals surface area contributed by atoms with E-state index in [0.29, 0.717) is 6.54 Å². The van der Waals surface area contributed by atoms with Crippen molar-refractivity contribution in [2.24, 2.45) is 0 Å². The van der Waals surface area contributed by atoms with E-state index in [4.69, 9.17) is 6.42 Å². The summed E-state index contributed by atoms with van der Waals surface area (Å²) in [5.41, 5.74) is 2.65. The summed E-state index contributed by atoms with van der Waals surface area (Å²) in [5.74, 6) is 1.94. The first-order chi connectivity index (χ1) is 5.65. The Morgan fingerprint density at radius 2 is 2.17 bits per heavy atom. The van der Waals surface area contributed by atoms with Gasteiger partial charge in [-0.2, -0.15) is 0 Å². The van der Waals surface area contributed by atoms with Crippen LogP contribution < -0.4 is 0 Å². The lowest BCUT2D eigenvalue weighted by molar-refractivity contribution is -0.124. The van der Waals surface area contributed by atoms with Crippen molar-refractivity contribution >= 4 is 5.91 Å². The number of hydrogen-bond donors (Lipinski definition) is 0. The molecule has 1 aliphatic heterocycles.